The number of imidazole rings is 1. The number of nitrogens with zero attached hydrogens (tertiary/aromatic N) is 1. The molecule has 394 valence electrons. The molecule has 24 heteroatoms. The maximum absolute atomic E-state index is 14.0. The minimum atomic E-state index is -1.72. The van der Waals surface area contributed by atoms with Crippen LogP contribution in [0.4, 0.5) is 0 Å². The van der Waals surface area contributed by atoms with Crippen molar-refractivity contribution in [2.75, 3.05) is 13.1 Å². The van der Waals surface area contributed by atoms with E-state index in [2.05, 4.69) is 52.5 Å². The number of aromatic hydroxyl groups is 1. The first kappa shape index (κ1) is 58.9. The number of nitrogens with one attached hydrogen (secondary N) is 9. The number of carboxylic acid groups (broad SMARTS) is 1. The first-order valence-electron chi connectivity index (χ1n) is 23.6. The molecule has 0 spiro atoms. The Morgan fingerprint density at radius 3 is 1.78 bits per heavy atom. The van der Waals surface area contributed by atoms with Crippen LogP contribution in [0, 0.1) is 5.92 Å². The van der Waals surface area contributed by atoms with Gasteiger partial charge >= 0.3 is 5.97 Å². The number of aliphatic hydroxyl groups is 1. The summed E-state index contributed by atoms with van der Waals surface area (Å²) in [4.78, 5) is 127. The van der Waals surface area contributed by atoms with Gasteiger partial charge in [-0.05, 0) is 82.2 Å². The van der Waals surface area contributed by atoms with E-state index in [0.717, 1.165) is 0 Å². The van der Waals surface area contributed by atoms with Crippen LogP contribution >= 0.6 is 0 Å². The van der Waals surface area contributed by atoms with Gasteiger partial charge in [0.15, 0.2) is 0 Å². The highest BCUT2D eigenvalue weighted by atomic mass is 16.4. The second-order valence-electron chi connectivity index (χ2n) is 17.9. The Hall–Kier alpha value is -7.44. The van der Waals surface area contributed by atoms with Crippen molar-refractivity contribution in [2.24, 2.45) is 17.4 Å². The Bertz CT molecular complexity index is 2260. The van der Waals surface area contributed by atoms with E-state index in [0.29, 0.717) is 36.2 Å². The van der Waals surface area contributed by atoms with Gasteiger partial charge in [-0.1, -0.05) is 56.3 Å². The lowest BCUT2D eigenvalue weighted by molar-refractivity contribution is -0.141. The molecule has 0 aliphatic heterocycles. The van der Waals surface area contributed by atoms with E-state index in [9.17, 15) is 58.5 Å². The van der Waals surface area contributed by atoms with Crippen LogP contribution in [0.25, 0.3) is 0 Å². The van der Waals surface area contributed by atoms with Crippen LogP contribution in [0.5, 0.6) is 5.75 Å². The number of aliphatic carboxylic acids is 1. The van der Waals surface area contributed by atoms with Gasteiger partial charge in [-0.15, -0.1) is 0 Å². The van der Waals surface area contributed by atoms with Gasteiger partial charge in [0, 0.05) is 25.5 Å². The molecule has 0 saturated carbocycles. The van der Waals surface area contributed by atoms with Crippen LogP contribution in [-0.2, 0) is 62.4 Å². The van der Waals surface area contributed by atoms with Crippen molar-refractivity contribution < 1.29 is 58.5 Å². The predicted molar refractivity (Wildman–Crippen MR) is 262 cm³/mol. The van der Waals surface area contributed by atoms with E-state index in [4.69, 9.17) is 11.5 Å². The number of aliphatic hydroxyl groups excluding tert-OH is 1. The molecule has 0 aliphatic rings. The summed E-state index contributed by atoms with van der Waals surface area (Å²) in [5.41, 5.74) is 12.8. The van der Waals surface area contributed by atoms with Crippen molar-refractivity contribution in [1.29, 1.82) is 0 Å². The summed E-state index contributed by atoms with van der Waals surface area (Å²) >= 11 is 0. The molecule has 3 rings (SSSR count). The molecule has 24 nitrogen and oxygen atoms in total. The number of amides is 8. The number of carbonyl (C=O) groups is 9. The molecule has 0 saturated heterocycles. The van der Waals surface area contributed by atoms with Gasteiger partial charge in [0.1, 0.15) is 48.0 Å². The van der Waals surface area contributed by atoms with E-state index < -0.39 is 114 Å². The maximum atomic E-state index is 14.0. The fourth-order valence-electron chi connectivity index (χ4n) is 7.12. The third-order valence-electron chi connectivity index (χ3n) is 11.1. The number of benzene rings is 2. The summed E-state index contributed by atoms with van der Waals surface area (Å²) in [6.45, 7) is 7.23. The molecule has 1 aromatic heterocycles. The number of rotatable bonds is 30. The molecule has 1 heterocycles. The largest absolute Gasteiger partial charge is 0.508 e. The Labute approximate surface area is 417 Å². The molecule has 3 aromatic rings. The fraction of sp³-hybridized carbons (Fsp3) is 0.500. The molecule has 0 fully saturated rings. The Balaban J connectivity index is 1.76. The number of phenolic OH excluding ortho intramolecular Hbond substituents is 1. The molecule has 0 unspecified atom stereocenters. The summed E-state index contributed by atoms with van der Waals surface area (Å²) in [6.07, 6.45) is 2.18. The number of phenols is 1. The number of nitrogens with two attached hydrogens (primary N) is 2. The normalized spacial score (nSPS) is 14.8. The van der Waals surface area contributed by atoms with Gasteiger partial charge in [0.2, 0.25) is 47.3 Å². The SMILES string of the molecule is CC(C)C[C@H](NC(=O)[C@H](CCCCN)NC(=O)[C@H](C)N)C(=O)N[C@@H](Cc1c[nH]cn1)C(=O)N[C@H](C(=O)N[C@@H](C)C(=O)N[C@@H](Cc1ccc(O)cc1)C(=O)NCC(=O)N[C@@H](Cc1ccccc1)C(=O)O)[C@@H](C)O. The molecule has 16 N–H and O–H groups in total. The van der Waals surface area contributed by atoms with Crippen molar-refractivity contribution in [3.63, 3.8) is 0 Å². The first-order valence-corrected chi connectivity index (χ1v) is 23.6. The number of aromatic nitrogens is 2. The van der Waals surface area contributed by atoms with E-state index in [-0.39, 0.29) is 43.8 Å². The fourth-order valence-corrected chi connectivity index (χ4v) is 7.12. The molecule has 0 aliphatic carbocycles. The molecular weight excluding hydrogens is 937 g/mol. The molecule has 8 amide bonds. The predicted octanol–water partition coefficient (Wildman–Crippen LogP) is -2.34. The second-order valence-corrected chi connectivity index (χ2v) is 17.9. The third-order valence-corrected chi connectivity index (χ3v) is 11.1. The summed E-state index contributed by atoms with van der Waals surface area (Å²) in [5, 5.41) is 50.4. The van der Waals surface area contributed by atoms with Gasteiger partial charge < -0.3 is 74.3 Å². The van der Waals surface area contributed by atoms with Gasteiger partial charge in [-0.2, -0.15) is 0 Å². The number of carbonyl (C=O) groups excluding carboxylic acids is 8. The zero-order chi connectivity index (χ0) is 53.5. The van der Waals surface area contributed by atoms with Crippen LogP contribution in [0.15, 0.2) is 67.1 Å². The molecule has 0 radical (unpaired) electrons. The molecule has 0 bridgehead atoms. The monoisotopic (exact) mass is 1010 g/mol. The Kier molecular flexibility index (Phi) is 24.3. The number of hydrogen-bond acceptors (Lipinski definition) is 14. The number of carboxylic acids is 1. The van der Waals surface area contributed by atoms with Crippen molar-refractivity contribution in [3.05, 3.63) is 83.9 Å². The summed E-state index contributed by atoms with van der Waals surface area (Å²) in [7, 11) is 0. The van der Waals surface area contributed by atoms with Gasteiger partial charge in [0.05, 0.1) is 30.7 Å². The van der Waals surface area contributed by atoms with E-state index in [1.54, 1.807) is 30.3 Å². The van der Waals surface area contributed by atoms with Crippen LogP contribution in [-0.4, -0.2) is 146 Å². The number of aromatic amines is 1. The summed E-state index contributed by atoms with van der Waals surface area (Å²) < 4.78 is 0. The quantitative estimate of drug-likeness (QED) is 0.0311. The zero-order valence-electron chi connectivity index (χ0n) is 41.1. The molecule has 72 heavy (non-hydrogen) atoms. The number of unbranched alkanes of at least 4 members (excludes halogenated alkanes) is 1. The second kappa shape index (κ2) is 29.7. The topological polar surface area (TPSA) is 391 Å². The van der Waals surface area contributed by atoms with E-state index in [1.165, 1.54) is 57.6 Å². The highest BCUT2D eigenvalue weighted by molar-refractivity contribution is 5.98. The van der Waals surface area contributed by atoms with Crippen LogP contribution in [0.2, 0.25) is 0 Å². The summed E-state index contributed by atoms with van der Waals surface area (Å²) in [5.74, 6) is -8.13. The summed E-state index contributed by atoms with van der Waals surface area (Å²) in [6, 6.07) is 3.81. The Morgan fingerprint density at radius 2 is 1.19 bits per heavy atom. The van der Waals surface area contributed by atoms with E-state index >= 15 is 0 Å². The number of hydrogen-bond donors (Lipinski definition) is 14. The standard InChI is InChI=1S/C48H70N12O12/c1-26(2)19-35(58-44(67)34(13-9-10-18-49)56-41(64)27(3)50)45(68)59-37(22-32-23-51-25-53-32)46(69)60-40(29(5)61)47(70)54-28(4)42(65)57-36(20-31-14-16-33(62)17-15-31)43(66)52-24-39(63)55-38(48(71)72)21-30-11-7-6-8-12-30/h6-8,11-12,14-17,23,25-29,34-38,40,61-62H,9-10,13,18-22,24,49-50H2,1-5H3,(H,51,53)(H,52,66)(H,54,70)(H,55,63)(H,56,64)(H,57,65)(H,58,67)(H,59,68)(H,60,69)(H,71,72)/t27-,28-,29+,34-,35-,36-,37-,38-,40-/m0/s1. The smallest absolute Gasteiger partial charge is 0.326 e. The maximum Gasteiger partial charge on any atom is 0.326 e. The van der Waals surface area contributed by atoms with E-state index in [1.807, 2.05) is 13.8 Å². The van der Waals surface area contributed by atoms with Crippen LogP contribution < -0.4 is 54.0 Å². The third kappa shape index (κ3) is 20.5. The average Bonchev–Trinajstić information content (AvgIpc) is 3.85. The van der Waals surface area contributed by atoms with Crippen molar-refractivity contribution in [3.8, 4) is 5.75 Å². The number of H-pyrrole nitrogens is 1. The van der Waals surface area contributed by atoms with Crippen LogP contribution in [0.3, 0.4) is 0 Å². The molecular formula is C48H70N12O12. The highest BCUT2D eigenvalue weighted by Gasteiger charge is 2.35. The average molecular weight is 1010 g/mol. The lowest BCUT2D eigenvalue weighted by Gasteiger charge is -2.28. The van der Waals surface area contributed by atoms with Gasteiger partial charge in [-0.25, -0.2) is 9.78 Å². The van der Waals surface area contributed by atoms with Crippen molar-refractivity contribution in [1.82, 2.24) is 52.5 Å². The minimum absolute atomic E-state index is 0.0302. The first-order chi connectivity index (χ1) is 34.1. The lowest BCUT2D eigenvalue weighted by atomic mass is 10.0. The molecule has 9 atom stereocenters. The van der Waals surface area contributed by atoms with Crippen molar-refractivity contribution >= 4 is 53.2 Å². The van der Waals surface area contributed by atoms with Crippen LogP contribution in [0.1, 0.15) is 77.1 Å². The van der Waals surface area contributed by atoms with Gasteiger partial charge in [-0.3, -0.25) is 38.4 Å². The minimum Gasteiger partial charge on any atom is -0.508 e. The zero-order valence-corrected chi connectivity index (χ0v) is 41.1. The Morgan fingerprint density at radius 1 is 0.625 bits per heavy atom. The lowest BCUT2D eigenvalue weighted by Crippen LogP contribution is -2.62. The highest BCUT2D eigenvalue weighted by Crippen LogP contribution is 2.13. The molecule has 2 aromatic carbocycles. The van der Waals surface area contributed by atoms with Gasteiger partial charge in [0.25, 0.3) is 0 Å². The van der Waals surface area contributed by atoms with Crippen molar-refractivity contribution in [2.45, 2.75) is 134 Å².